The van der Waals surface area contributed by atoms with Crippen molar-refractivity contribution in [2.75, 3.05) is 31.1 Å². The van der Waals surface area contributed by atoms with E-state index in [1.807, 2.05) is 12.1 Å². The summed E-state index contributed by atoms with van der Waals surface area (Å²) in [6.07, 6.45) is 4.28. The summed E-state index contributed by atoms with van der Waals surface area (Å²) in [4.78, 5) is 18.0. The van der Waals surface area contributed by atoms with Crippen LogP contribution in [0.5, 0.6) is 0 Å². The van der Waals surface area contributed by atoms with Crippen LogP contribution in [-0.4, -0.2) is 64.9 Å². The molecule has 0 amide bonds. The van der Waals surface area contributed by atoms with Gasteiger partial charge in [0.05, 0.1) is 11.7 Å². The Kier molecular flexibility index (Phi) is 7.09. The van der Waals surface area contributed by atoms with Crippen LogP contribution in [0, 0.1) is 23.2 Å². The van der Waals surface area contributed by atoms with Gasteiger partial charge in [-0.05, 0) is 68.7 Å². The van der Waals surface area contributed by atoms with E-state index in [1.165, 1.54) is 12.8 Å². The molecule has 0 aromatic carbocycles. The molecule has 0 unspecified atom stereocenters. The molecular weight excluding hydrogens is 368 g/mol. The monoisotopic (exact) mass is 400 g/mol. The van der Waals surface area contributed by atoms with Gasteiger partial charge < -0.3 is 15.1 Å². The lowest BCUT2D eigenvalue weighted by atomic mass is 9.77. The van der Waals surface area contributed by atoms with Gasteiger partial charge in [0.1, 0.15) is 11.9 Å². The Morgan fingerprint density at radius 2 is 1.83 bits per heavy atom. The highest BCUT2D eigenvalue weighted by Crippen LogP contribution is 2.41. The van der Waals surface area contributed by atoms with Crippen molar-refractivity contribution in [1.29, 1.82) is 5.26 Å². The molecule has 1 saturated carbocycles. The zero-order valence-corrected chi connectivity index (χ0v) is 17.4. The Hall–Kier alpha value is -2.17. The molecule has 3 heterocycles. The van der Waals surface area contributed by atoms with E-state index < -0.39 is 0 Å². The van der Waals surface area contributed by atoms with Crippen molar-refractivity contribution in [1.82, 2.24) is 9.88 Å². The number of rotatable bonds is 3. The minimum Gasteiger partial charge on any atom is -0.483 e. The molecular formula is C22H32N4O3. The first kappa shape index (κ1) is 21.5. The number of aromatic nitrogens is 1. The summed E-state index contributed by atoms with van der Waals surface area (Å²) in [5.41, 5.74) is 1.72. The molecule has 3 aliphatic rings. The quantitative estimate of drug-likeness (QED) is 0.752. The summed E-state index contributed by atoms with van der Waals surface area (Å²) < 4.78 is 0. The lowest BCUT2D eigenvalue weighted by Crippen LogP contribution is -2.48. The number of aliphatic hydroxyl groups is 1. The van der Waals surface area contributed by atoms with Crippen LogP contribution in [0.1, 0.15) is 56.7 Å². The van der Waals surface area contributed by atoms with Gasteiger partial charge in [0, 0.05) is 24.8 Å². The highest BCUT2D eigenvalue weighted by Gasteiger charge is 2.44. The minimum atomic E-state index is -0.250. The first-order valence-electron chi connectivity index (χ1n) is 10.6. The maximum atomic E-state index is 10.7. The summed E-state index contributed by atoms with van der Waals surface area (Å²) in [6.45, 7) is 8.18. The summed E-state index contributed by atoms with van der Waals surface area (Å²) in [6, 6.07) is 6.54. The molecule has 158 valence electrons. The Balaban J connectivity index is 0.000000755. The molecule has 2 N–H and O–H groups in total. The van der Waals surface area contributed by atoms with E-state index in [1.54, 1.807) is 0 Å². The second-order valence-corrected chi connectivity index (χ2v) is 8.75. The van der Waals surface area contributed by atoms with Crippen molar-refractivity contribution < 1.29 is 15.0 Å². The summed E-state index contributed by atoms with van der Waals surface area (Å²) in [7, 11) is 0. The highest BCUT2D eigenvalue weighted by molar-refractivity contribution is 5.55. The molecule has 0 spiro atoms. The van der Waals surface area contributed by atoms with Crippen LogP contribution in [-0.2, 0) is 4.79 Å². The molecule has 0 radical (unpaired) electrons. The van der Waals surface area contributed by atoms with E-state index in [2.05, 4.69) is 29.7 Å². The first-order valence-corrected chi connectivity index (χ1v) is 10.6. The molecule has 29 heavy (non-hydrogen) atoms. The van der Waals surface area contributed by atoms with E-state index in [-0.39, 0.29) is 12.6 Å². The predicted octanol–water partition coefficient (Wildman–Crippen LogP) is 2.45. The van der Waals surface area contributed by atoms with Gasteiger partial charge in [-0.1, -0.05) is 13.8 Å². The molecule has 3 fully saturated rings. The fourth-order valence-corrected chi connectivity index (χ4v) is 5.16. The number of fused-ring (bicyclic) bond motifs is 1. The number of carbonyl (C=O) groups is 1. The second-order valence-electron chi connectivity index (χ2n) is 8.75. The summed E-state index contributed by atoms with van der Waals surface area (Å²) in [5.74, 6) is 2.31. The van der Waals surface area contributed by atoms with Crippen LogP contribution in [0.3, 0.4) is 0 Å². The third-order valence-corrected chi connectivity index (χ3v) is 6.63. The van der Waals surface area contributed by atoms with E-state index in [9.17, 15) is 10.4 Å². The molecule has 4 rings (SSSR count). The highest BCUT2D eigenvalue weighted by atomic mass is 16.3. The van der Waals surface area contributed by atoms with Crippen LogP contribution >= 0.6 is 0 Å². The van der Waals surface area contributed by atoms with E-state index in [0.717, 1.165) is 50.5 Å². The van der Waals surface area contributed by atoms with E-state index in [4.69, 9.17) is 14.9 Å². The van der Waals surface area contributed by atoms with Crippen molar-refractivity contribution in [2.24, 2.45) is 11.8 Å². The van der Waals surface area contributed by atoms with Crippen LogP contribution in [0.15, 0.2) is 12.1 Å². The van der Waals surface area contributed by atoms with E-state index in [0.29, 0.717) is 29.4 Å². The molecule has 0 bridgehead atoms. The van der Waals surface area contributed by atoms with Crippen molar-refractivity contribution in [3.8, 4) is 6.07 Å². The lowest BCUT2D eigenvalue weighted by molar-refractivity contribution is -0.122. The van der Waals surface area contributed by atoms with Crippen LogP contribution in [0.25, 0.3) is 0 Å². The topological polar surface area (TPSA) is 101 Å². The van der Waals surface area contributed by atoms with Gasteiger partial charge in [0.2, 0.25) is 0 Å². The molecule has 7 heteroatoms. The van der Waals surface area contributed by atoms with Gasteiger partial charge in [-0.3, -0.25) is 9.69 Å². The summed E-state index contributed by atoms with van der Waals surface area (Å²) in [5, 5.41) is 27.1. The Morgan fingerprint density at radius 1 is 1.21 bits per heavy atom. The Labute approximate surface area is 173 Å². The smallest absolute Gasteiger partial charge is 0.290 e. The van der Waals surface area contributed by atoms with Crippen molar-refractivity contribution >= 4 is 12.3 Å². The molecule has 7 nitrogen and oxygen atoms in total. The number of nitriles is 1. The average molecular weight is 401 g/mol. The molecule has 4 atom stereocenters. The van der Waals surface area contributed by atoms with Crippen molar-refractivity contribution in [3.63, 3.8) is 0 Å². The molecule has 1 aromatic heterocycles. The lowest BCUT2D eigenvalue weighted by Gasteiger charge is -2.40. The normalized spacial score (nSPS) is 29.1. The first-order chi connectivity index (χ1) is 14.0. The predicted molar refractivity (Wildman–Crippen MR) is 111 cm³/mol. The number of nitrogens with zero attached hydrogens (tertiary/aromatic N) is 4. The maximum Gasteiger partial charge on any atom is 0.290 e. The van der Waals surface area contributed by atoms with Crippen LogP contribution < -0.4 is 4.90 Å². The maximum absolute atomic E-state index is 10.7. The van der Waals surface area contributed by atoms with Crippen molar-refractivity contribution in [3.05, 3.63) is 23.4 Å². The van der Waals surface area contributed by atoms with Gasteiger partial charge in [-0.2, -0.15) is 5.26 Å². The third kappa shape index (κ3) is 4.71. The van der Waals surface area contributed by atoms with Crippen LogP contribution in [0.4, 0.5) is 5.82 Å². The van der Waals surface area contributed by atoms with Gasteiger partial charge in [-0.15, -0.1) is 0 Å². The van der Waals surface area contributed by atoms with Gasteiger partial charge in [0.25, 0.3) is 6.47 Å². The SMILES string of the molecule is CC(C)c1ccc(C#N)c(N2C[C@H]3C[C@@H](N4CCCC4)[C@H](O)C[C@H]3C2)n1.O=CO. The van der Waals surface area contributed by atoms with Gasteiger partial charge in [-0.25, -0.2) is 4.98 Å². The standard InChI is InChI=1S/C21H30N4O.CH2O2/c1-14(2)18-6-5-15(11-22)21(23-18)25-12-16-9-19(24-7-3-4-8-24)20(26)10-17(16)13-25;2-1-3/h5-6,14,16-17,19-20,26H,3-4,7-10,12-13H2,1-2H3;1H,(H,2,3)/t16-,17+,19-,20-;/m1./s1. The van der Waals surface area contributed by atoms with Gasteiger partial charge >= 0.3 is 0 Å². The number of aliphatic hydroxyl groups excluding tert-OH is 1. The largest absolute Gasteiger partial charge is 0.483 e. The molecule has 2 saturated heterocycles. The minimum absolute atomic E-state index is 0.209. The zero-order chi connectivity index (χ0) is 21.0. The van der Waals surface area contributed by atoms with Gasteiger partial charge in [0.15, 0.2) is 0 Å². The third-order valence-electron chi connectivity index (χ3n) is 6.63. The zero-order valence-electron chi connectivity index (χ0n) is 17.4. The molecule has 1 aliphatic carbocycles. The number of carboxylic acid groups (broad SMARTS) is 1. The van der Waals surface area contributed by atoms with E-state index >= 15 is 0 Å². The number of hydrogen-bond donors (Lipinski definition) is 2. The Morgan fingerprint density at radius 3 is 2.41 bits per heavy atom. The Bertz CT molecular complexity index is 742. The summed E-state index contributed by atoms with van der Waals surface area (Å²) >= 11 is 0. The fraction of sp³-hybridized carbons (Fsp3) is 0.682. The molecule has 1 aromatic rings. The second kappa shape index (κ2) is 9.55. The fourth-order valence-electron chi connectivity index (χ4n) is 5.16. The van der Waals surface area contributed by atoms with Crippen molar-refractivity contribution in [2.45, 2.75) is 57.6 Å². The number of pyridine rings is 1. The number of anilines is 1. The number of likely N-dealkylation sites (tertiary alicyclic amines) is 1. The number of hydrogen-bond acceptors (Lipinski definition) is 6. The average Bonchev–Trinajstić information content (AvgIpc) is 3.36. The van der Waals surface area contributed by atoms with Crippen LogP contribution in [0.2, 0.25) is 0 Å². The molecule has 2 aliphatic heterocycles.